The minimum absolute atomic E-state index is 0.137. The number of carbonyl (C=O) groups is 1. The Kier molecular flexibility index (Phi) is 4.87. The lowest BCUT2D eigenvalue weighted by molar-refractivity contribution is 0.0529. The van der Waals surface area contributed by atoms with Gasteiger partial charge in [0.15, 0.2) is 0 Å². The summed E-state index contributed by atoms with van der Waals surface area (Å²) < 4.78 is 6.82. The SMILES string of the molecule is CCOC(=O)OC(Cl)(Cl)/C(C)=N/O. The maximum absolute atomic E-state index is 10.7. The van der Waals surface area contributed by atoms with Gasteiger partial charge in [0.1, 0.15) is 5.71 Å². The Morgan fingerprint density at radius 3 is 2.54 bits per heavy atom. The predicted molar refractivity (Wildman–Crippen MR) is 47.4 cm³/mol. The smallest absolute Gasteiger partial charge is 0.435 e. The van der Waals surface area contributed by atoms with Crippen LogP contribution < -0.4 is 0 Å². The van der Waals surface area contributed by atoms with E-state index in [4.69, 9.17) is 28.4 Å². The minimum atomic E-state index is -2.00. The Hall–Kier alpha value is -0.680. The first kappa shape index (κ1) is 12.3. The number of hydrogen-bond acceptors (Lipinski definition) is 5. The Labute approximate surface area is 85.2 Å². The van der Waals surface area contributed by atoms with Crippen molar-refractivity contribution in [3.05, 3.63) is 0 Å². The zero-order valence-electron chi connectivity index (χ0n) is 7.08. The van der Waals surface area contributed by atoms with Gasteiger partial charge in [0.05, 0.1) is 6.61 Å². The van der Waals surface area contributed by atoms with Crippen LogP contribution in [0.3, 0.4) is 0 Å². The van der Waals surface area contributed by atoms with Crippen LogP contribution in [0.5, 0.6) is 0 Å². The highest BCUT2D eigenvalue weighted by Gasteiger charge is 2.34. The molecule has 0 aromatic carbocycles. The Morgan fingerprint density at radius 2 is 2.15 bits per heavy atom. The maximum Gasteiger partial charge on any atom is 0.511 e. The number of rotatable bonds is 3. The number of nitrogens with zero attached hydrogens (tertiary/aromatic N) is 1. The minimum Gasteiger partial charge on any atom is -0.435 e. The van der Waals surface area contributed by atoms with Crippen LogP contribution in [-0.4, -0.2) is 28.2 Å². The molecule has 0 spiro atoms. The summed E-state index contributed by atoms with van der Waals surface area (Å²) in [6.07, 6.45) is -1.03. The molecule has 0 aliphatic rings. The Bertz CT molecular complexity index is 217. The molecule has 0 aromatic heterocycles. The van der Waals surface area contributed by atoms with Crippen molar-refractivity contribution >= 4 is 35.1 Å². The van der Waals surface area contributed by atoms with Gasteiger partial charge in [-0.3, -0.25) is 0 Å². The molecule has 0 radical (unpaired) electrons. The molecule has 0 aromatic rings. The fourth-order valence-corrected chi connectivity index (χ4v) is 0.586. The van der Waals surface area contributed by atoms with Crippen molar-refractivity contribution in [2.24, 2.45) is 5.16 Å². The highest BCUT2D eigenvalue weighted by Crippen LogP contribution is 2.25. The van der Waals surface area contributed by atoms with Gasteiger partial charge in [-0.05, 0) is 13.8 Å². The van der Waals surface area contributed by atoms with Crippen molar-refractivity contribution in [2.75, 3.05) is 6.61 Å². The van der Waals surface area contributed by atoms with Crippen LogP contribution in [0.15, 0.2) is 5.16 Å². The van der Waals surface area contributed by atoms with Crippen molar-refractivity contribution in [1.82, 2.24) is 0 Å². The van der Waals surface area contributed by atoms with Crippen LogP contribution in [0.4, 0.5) is 4.79 Å². The third-order valence-corrected chi connectivity index (χ3v) is 1.75. The second kappa shape index (κ2) is 5.14. The van der Waals surface area contributed by atoms with E-state index in [1.54, 1.807) is 6.92 Å². The molecule has 0 saturated carbocycles. The number of alkyl halides is 2. The lowest BCUT2D eigenvalue weighted by Gasteiger charge is -2.17. The van der Waals surface area contributed by atoms with Crippen molar-refractivity contribution < 1.29 is 19.5 Å². The molecule has 1 N–H and O–H groups in total. The van der Waals surface area contributed by atoms with E-state index < -0.39 is 10.7 Å². The zero-order valence-corrected chi connectivity index (χ0v) is 8.59. The van der Waals surface area contributed by atoms with Gasteiger partial charge in [-0.1, -0.05) is 28.4 Å². The van der Waals surface area contributed by atoms with Crippen LogP contribution in [0.1, 0.15) is 13.8 Å². The summed E-state index contributed by atoms with van der Waals surface area (Å²) in [5, 5.41) is 11.0. The molecule has 0 atom stereocenters. The van der Waals surface area contributed by atoms with Crippen molar-refractivity contribution in [3.63, 3.8) is 0 Å². The van der Waals surface area contributed by atoms with Crippen LogP contribution in [-0.2, 0) is 9.47 Å². The van der Waals surface area contributed by atoms with Crippen molar-refractivity contribution in [1.29, 1.82) is 0 Å². The van der Waals surface area contributed by atoms with E-state index in [1.807, 2.05) is 0 Å². The van der Waals surface area contributed by atoms with Crippen LogP contribution in [0.2, 0.25) is 0 Å². The van der Waals surface area contributed by atoms with Crippen molar-refractivity contribution in [3.8, 4) is 0 Å². The fourth-order valence-electron chi connectivity index (χ4n) is 0.384. The van der Waals surface area contributed by atoms with Gasteiger partial charge < -0.3 is 14.7 Å². The first-order valence-corrected chi connectivity index (χ1v) is 4.12. The van der Waals surface area contributed by atoms with Gasteiger partial charge in [0.2, 0.25) is 0 Å². The number of ether oxygens (including phenoxy) is 2. The van der Waals surface area contributed by atoms with E-state index in [2.05, 4.69) is 14.6 Å². The predicted octanol–water partition coefficient (Wildman–Crippen LogP) is 2.14. The van der Waals surface area contributed by atoms with E-state index in [9.17, 15) is 4.79 Å². The van der Waals surface area contributed by atoms with Gasteiger partial charge >= 0.3 is 10.7 Å². The molecular weight excluding hydrogens is 221 g/mol. The van der Waals surface area contributed by atoms with Crippen LogP contribution in [0, 0.1) is 0 Å². The number of hydrogen-bond donors (Lipinski definition) is 1. The quantitative estimate of drug-likeness (QED) is 0.265. The molecule has 0 unspecified atom stereocenters. The maximum atomic E-state index is 10.7. The lowest BCUT2D eigenvalue weighted by Crippen LogP contribution is -2.30. The standard InChI is InChI=1S/C6H9Cl2NO4/c1-3-12-5(10)13-6(7,8)4(2)9-11/h11H,3H2,1-2H3/b9-4+. The average Bonchev–Trinajstić information content (AvgIpc) is 2.02. The number of halogens is 2. The fraction of sp³-hybridized carbons (Fsp3) is 0.667. The molecule has 0 bridgehead atoms. The van der Waals surface area contributed by atoms with Crippen molar-refractivity contribution in [2.45, 2.75) is 18.4 Å². The van der Waals surface area contributed by atoms with E-state index in [0.717, 1.165) is 0 Å². The normalized spacial score (nSPS) is 12.5. The van der Waals surface area contributed by atoms with Gasteiger partial charge in [0.25, 0.3) is 0 Å². The molecule has 0 heterocycles. The summed E-state index contributed by atoms with van der Waals surface area (Å²) in [6.45, 7) is 3.02. The largest absolute Gasteiger partial charge is 0.511 e. The summed E-state index contributed by atoms with van der Waals surface area (Å²) >= 11 is 10.9. The number of oxime groups is 1. The van der Waals surface area contributed by atoms with E-state index in [1.165, 1.54) is 6.92 Å². The van der Waals surface area contributed by atoms with E-state index >= 15 is 0 Å². The van der Waals surface area contributed by atoms with Crippen LogP contribution in [0.25, 0.3) is 0 Å². The second-order valence-corrected chi connectivity index (χ2v) is 3.25. The molecule has 0 aliphatic carbocycles. The molecule has 0 saturated heterocycles. The summed E-state index contributed by atoms with van der Waals surface area (Å²) in [6, 6.07) is 0. The lowest BCUT2D eigenvalue weighted by atomic mass is 10.4. The molecule has 0 aliphatic heterocycles. The average molecular weight is 230 g/mol. The third-order valence-electron chi connectivity index (χ3n) is 1.04. The van der Waals surface area contributed by atoms with Gasteiger partial charge in [0, 0.05) is 0 Å². The summed E-state index contributed by atoms with van der Waals surface area (Å²) in [5.74, 6) is 0. The monoisotopic (exact) mass is 229 g/mol. The Morgan fingerprint density at radius 1 is 1.62 bits per heavy atom. The second-order valence-electron chi connectivity index (χ2n) is 1.99. The van der Waals surface area contributed by atoms with Gasteiger partial charge in [-0.2, -0.15) is 0 Å². The molecule has 7 heteroatoms. The highest BCUT2D eigenvalue weighted by molar-refractivity contribution is 6.57. The first-order valence-electron chi connectivity index (χ1n) is 3.36. The highest BCUT2D eigenvalue weighted by atomic mass is 35.5. The van der Waals surface area contributed by atoms with E-state index in [0.29, 0.717) is 0 Å². The van der Waals surface area contributed by atoms with Gasteiger partial charge in [-0.15, -0.1) is 0 Å². The number of carbonyl (C=O) groups excluding carboxylic acids is 1. The molecule has 0 fully saturated rings. The molecule has 13 heavy (non-hydrogen) atoms. The molecule has 5 nitrogen and oxygen atoms in total. The molecule has 76 valence electrons. The Balaban J connectivity index is 4.25. The van der Waals surface area contributed by atoms with E-state index in [-0.39, 0.29) is 12.3 Å². The molecule has 0 amide bonds. The topological polar surface area (TPSA) is 68.1 Å². The zero-order chi connectivity index (χ0) is 10.5. The summed E-state index contributed by atoms with van der Waals surface area (Å²) in [7, 11) is 0. The molecule has 0 rings (SSSR count). The third kappa shape index (κ3) is 4.19. The van der Waals surface area contributed by atoms with Crippen LogP contribution >= 0.6 is 23.2 Å². The van der Waals surface area contributed by atoms with Gasteiger partial charge in [-0.25, -0.2) is 4.79 Å². The first-order chi connectivity index (χ1) is 5.94. The summed E-state index contributed by atoms with van der Waals surface area (Å²) in [4.78, 5) is 10.7. The molecular formula is C6H9Cl2NO4. The summed E-state index contributed by atoms with van der Waals surface area (Å²) in [5.41, 5.74) is -0.163.